The summed E-state index contributed by atoms with van der Waals surface area (Å²) in [4.78, 5) is 31.8. The number of benzene rings is 2. The van der Waals surface area contributed by atoms with Crippen molar-refractivity contribution in [2.45, 2.75) is 19.5 Å². The van der Waals surface area contributed by atoms with Gasteiger partial charge in [0.05, 0.1) is 18.7 Å². The number of rotatable bonds is 5. The molecule has 6 nitrogen and oxygen atoms in total. The smallest absolute Gasteiger partial charge is 0.295 e. The van der Waals surface area contributed by atoms with E-state index < -0.39 is 17.7 Å². The molecule has 0 unspecified atom stereocenters. The number of carbonyl (C=O) groups excluding carboxylic acids is 2. The molecule has 33 heavy (non-hydrogen) atoms. The first-order valence-electron chi connectivity index (χ1n) is 10.1. The minimum Gasteiger partial charge on any atom is -0.507 e. The molecule has 1 aromatic heterocycles. The number of aliphatic hydroxyl groups excluding tert-OH is 1. The molecule has 0 aliphatic carbocycles. The molecule has 1 fully saturated rings. The predicted molar refractivity (Wildman–Crippen MR) is 126 cm³/mol. The third-order valence-electron chi connectivity index (χ3n) is 5.56. The van der Waals surface area contributed by atoms with Gasteiger partial charge in [-0.25, -0.2) is 0 Å². The van der Waals surface area contributed by atoms with Crippen LogP contribution in [0.3, 0.4) is 0 Å². The summed E-state index contributed by atoms with van der Waals surface area (Å²) in [5, 5.41) is 12.0. The molecule has 8 heteroatoms. The van der Waals surface area contributed by atoms with Gasteiger partial charge in [0, 0.05) is 34.5 Å². The second-order valence-corrected chi connectivity index (χ2v) is 8.48. The molecule has 4 rings (SSSR count). The number of hydrogen-bond acceptors (Lipinski definition) is 5. The zero-order chi connectivity index (χ0) is 23.7. The Labute approximate surface area is 201 Å². The highest BCUT2D eigenvalue weighted by Crippen LogP contribution is 2.43. The number of ketones is 1. The Morgan fingerprint density at radius 2 is 1.94 bits per heavy atom. The Kier molecular flexibility index (Phi) is 6.40. The standard InChI is InChI=1S/C25H20Cl2N2O4/c1-14-10-17(33-2)6-8-18(14)23(30)21-22(19-7-5-16(26)11-20(19)27)29(25(32)24(21)31)13-15-4-3-9-28-12-15/h3-12,22,30H,13H2,1-2H3/t22-/m0/s1. The van der Waals surface area contributed by atoms with Crippen LogP contribution in [0.4, 0.5) is 0 Å². The highest BCUT2D eigenvalue weighted by molar-refractivity contribution is 6.47. The van der Waals surface area contributed by atoms with Crippen LogP contribution >= 0.6 is 23.2 Å². The van der Waals surface area contributed by atoms with Crippen molar-refractivity contribution in [3.63, 3.8) is 0 Å². The summed E-state index contributed by atoms with van der Waals surface area (Å²) < 4.78 is 5.23. The fourth-order valence-electron chi connectivity index (χ4n) is 3.95. The molecular weight excluding hydrogens is 463 g/mol. The lowest BCUT2D eigenvalue weighted by atomic mass is 9.93. The van der Waals surface area contributed by atoms with Crippen molar-refractivity contribution in [2.75, 3.05) is 7.11 Å². The van der Waals surface area contributed by atoms with E-state index in [1.807, 2.05) is 0 Å². The number of Topliss-reactive ketones (excluding diaryl/α,β-unsaturated/α-hetero) is 1. The van der Waals surface area contributed by atoms with Gasteiger partial charge in [-0.1, -0.05) is 35.3 Å². The van der Waals surface area contributed by atoms with Crippen LogP contribution in [-0.2, 0) is 16.1 Å². The number of methoxy groups -OCH3 is 1. The number of amides is 1. The SMILES string of the molecule is COc1ccc(C(O)=C2C(=O)C(=O)N(Cc3cccnc3)[C@H]2c2ccc(Cl)cc2Cl)c(C)c1. The van der Waals surface area contributed by atoms with Gasteiger partial charge in [-0.3, -0.25) is 14.6 Å². The zero-order valence-corrected chi connectivity index (χ0v) is 19.4. The zero-order valence-electron chi connectivity index (χ0n) is 17.9. The first-order chi connectivity index (χ1) is 15.8. The second kappa shape index (κ2) is 9.25. The number of aryl methyl sites for hydroxylation is 1. The lowest BCUT2D eigenvalue weighted by Gasteiger charge is -2.26. The number of carbonyl (C=O) groups is 2. The van der Waals surface area contributed by atoms with E-state index in [-0.39, 0.29) is 22.9 Å². The molecule has 168 valence electrons. The third-order valence-corrected chi connectivity index (χ3v) is 6.12. The Balaban J connectivity index is 1.91. The van der Waals surface area contributed by atoms with Gasteiger partial charge < -0.3 is 14.7 Å². The van der Waals surface area contributed by atoms with Crippen LogP contribution in [0, 0.1) is 6.92 Å². The molecule has 2 heterocycles. The van der Waals surface area contributed by atoms with Crippen LogP contribution in [0.2, 0.25) is 10.0 Å². The van der Waals surface area contributed by atoms with Crippen molar-refractivity contribution in [1.29, 1.82) is 0 Å². The summed E-state index contributed by atoms with van der Waals surface area (Å²) in [6, 6.07) is 12.5. The van der Waals surface area contributed by atoms with Gasteiger partial charge in [0.25, 0.3) is 11.7 Å². The highest BCUT2D eigenvalue weighted by Gasteiger charge is 2.46. The molecule has 3 aromatic rings. The number of aromatic nitrogens is 1. The van der Waals surface area contributed by atoms with E-state index in [0.29, 0.717) is 27.5 Å². The van der Waals surface area contributed by atoms with Gasteiger partial charge in [-0.15, -0.1) is 0 Å². The Morgan fingerprint density at radius 1 is 1.15 bits per heavy atom. The maximum absolute atomic E-state index is 13.2. The minimum atomic E-state index is -0.906. The van der Waals surface area contributed by atoms with Gasteiger partial charge in [0.2, 0.25) is 0 Å². The van der Waals surface area contributed by atoms with E-state index in [9.17, 15) is 14.7 Å². The molecule has 0 saturated carbocycles. The second-order valence-electron chi connectivity index (χ2n) is 7.63. The van der Waals surface area contributed by atoms with E-state index in [4.69, 9.17) is 27.9 Å². The van der Waals surface area contributed by atoms with Crippen LogP contribution in [0.5, 0.6) is 5.75 Å². The number of aliphatic hydroxyl groups is 1. The average Bonchev–Trinajstić information content (AvgIpc) is 3.04. The Hall–Kier alpha value is -3.35. The molecule has 1 amide bonds. The van der Waals surface area contributed by atoms with E-state index >= 15 is 0 Å². The number of hydrogen-bond donors (Lipinski definition) is 1. The van der Waals surface area contributed by atoms with Crippen molar-refractivity contribution in [2.24, 2.45) is 0 Å². The maximum atomic E-state index is 13.2. The quantitative estimate of drug-likeness (QED) is 0.302. The minimum absolute atomic E-state index is 0.0404. The lowest BCUT2D eigenvalue weighted by Crippen LogP contribution is -2.29. The maximum Gasteiger partial charge on any atom is 0.295 e. The normalized spacial score (nSPS) is 17.5. The highest BCUT2D eigenvalue weighted by atomic mass is 35.5. The molecule has 0 radical (unpaired) electrons. The molecular formula is C25H20Cl2N2O4. The van der Waals surface area contributed by atoms with Crippen molar-refractivity contribution in [3.8, 4) is 5.75 Å². The van der Waals surface area contributed by atoms with Crippen LogP contribution in [0.1, 0.15) is 28.3 Å². The van der Waals surface area contributed by atoms with E-state index in [1.54, 1.807) is 75.0 Å². The van der Waals surface area contributed by atoms with Gasteiger partial charge in [-0.2, -0.15) is 0 Å². The molecule has 1 N–H and O–H groups in total. The summed E-state index contributed by atoms with van der Waals surface area (Å²) in [5.41, 5.74) is 2.28. The van der Waals surface area contributed by atoms with Gasteiger partial charge in [0.15, 0.2) is 0 Å². The fraction of sp³-hybridized carbons (Fsp3) is 0.160. The lowest BCUT2D eigenvalue weighted by molar-refractivity contribution is -0.140. The fourth-order valence-corrected chi connectivity index (χ4v) is 4.46. The number of nitrogens with zero attached hydrogens (tertiary/aromatic N) is 2. The van der Waals surface area contributed by atoms with Gasteiger partial charge in [-0.05, 0) is 60.0 Å². The summed E-state index contributed by atoms with van der Waals surface area (Å²) in [6.07, 6.45) is 3.24. The summed E-state index contributed by atoms with van der Waals surface area (Å²) in [7, 11) is 1.54. The van der Waals surface area contributed by atoms with Gasteiger partial charge >= 0.3 is 0 Å². The molecule has 0 spiro atoms. The molecule has 0 bridgehead atoms. The van der Waals surface area contributed by atoms with Crippen molar-refractivity contribution < 1.29 is 19.4 Å². The predicted octanol–water partition coefficient (Wildman–Crippen LogP) is 5.33. The van der Waals surface area contributed by atoms with Crippen molar-refractivity contribution in [1.82, 2.24) is 9.88 Å². The number of ether oxygens (including phenoxy) is 1. The van der Waals surface area contributed by atoms with Crippen LogP contribution in [-0.4, -0.2) is 33.8 Å². The first kappa shape index (κ1) is 22.8. The molecule has 2 aromatic carbocycles. The first-order valence-corrected chi connectivity index (χ1v) is 10.8. The average molecular weight is 483 g/mol. The summed E-state index contributed by atoms with van der Waals surface area (Å²) in [5.74, 6) is -1.19. The van der Waals surface area contributed by atoms with E-state index in [1.165, 1.54) is 4.90 Å². The molecule has 1 aliphatic rings. The van der Waals surface area contributed by atoms with Crippen LogP contribution in [0.15, 0.2) is 66.5 Å². The molecule has 1 aliphatic heterocycles. The van der Waals surface area contributed by atoms with E-state index in [0.717, 1.165) is 5.56 Å². The monoisotopic (exact) mass is 482 g/mol. The Morgan fingerprint density at radius 3 is 2.58 bits per heavy atom. The third kappa shape index (κ3) is 4.32. The summed E-state index contributed by atoms with van der Waals surface area (Å²) >= 11 is 12.6. The van der Waals surface area contributed by atoms with Crippen LogP contribution in [0.25, 0.3) is 5.76 Å². The summed E-state index contributed by atoms with van der Waals surface area (Å²) in [6.45, 7) is 1.90. The van der Waals surface area contributed by atoms with Crippen LogP contribution < -0.4 is 4.74 Å². The Bertz CT molecular complexity index is 1270. The van der Waals surface area contributed by atoms with E-state index in [2.05, 4.69) is 4.98 Å². The van der Waals surface area contributed by atoms with Crippen molar-refractivity contribution in [3.05, 3.63) is 98.8 Å². The number of likely N-dealkylation sites (tertiary alicyclic amines) is 1. The largest absolute Gasteiger partial charge is 0.507 e. The van der Waals surface area contributed by atoms with Crippen molar-refractivity contribution >= 4 is 40.7 Å². The van der Waals surface area contributed by atoms with Gasteiger partial charge in [0.1, 0.15) is 11.5 Å². The topological polar surface area (TPSA) is 79.7 Å². The molecule has 1 atom stereocenters. The molecule has 1 saturated heterocycles. The number of pyridine rings is 1. The number of halogens is 2.